The quantitative estimate of drug-likeness (QED) is 0.551. The molecule has 140 valence electrons. The average molecular weight is 371 g/mol. The van der Waals surface area contributed by atoms with Crippen LogP contribution in [0.4, 0.5) is 0 Å². The Morgan fingerprint density at radius 2 is 1.93 bits per heavy atom. The van der Waals surface area contributed by atoms with Crippen LogP contribution in [0.15, 0.2) is 73.2 Å². The zero-order chi connectivity index (χ0) is 18.8. The van der Waals surface area contributed by atoms with Gasteiger partial charge in [0.2, 0.25) is 0 Å². The van der Waals surface area contributed by atoms with E-state index in [4.69, 9.17) is 4.74 Å². The van der Waals surface area contributed by atoms with E-state index >= 15 is 0 Å². The van der Waals surface area contributed by atoms with E-state index in [0.29, 0.717) is 6.61 Å². The second-order valence-corrected chi connectivity index (χ2v) is 7.04. The lowest BCUT2D eigenvalue weighted by Gasteiger charge is -2.32. The molecule has 28 heavy (non-hydrogen) atoms. The summed E-state index contributed by atoms with van der Waals surface area (Å²) in [6.45, 7) is 3.25. The summed E-state index contributed by atoms with van der Waals surface area (Å²) in [7, 11) is 0. The standard InChI is InChI=1S/C22H21N5O/c1-2-6-18(7-3-1)19-8-9-20-22(24-25-27(20)15-19)21-16-26(11-12-28-21)14-17-5-4-10-23-13-17/h1-10,13,15,21H,11-12,14,16H2. The number of fused-ring (bicyclic) bond motifs is 1. The molecule has 0 radical (unpaired) electrons. The highest BCUT2D eigenvalue weighted by Crippen LogP contribution is 2.27. The largest absolute Gasteiger partial charge is 0.369 e. The monoisotopic (exact) mass is 371 g/mol. The van der Waals surface area contributed by atoms with Gasteiger partial charge in [0, 0.05) is 43.8 Å². The first-order valence-electron chi connectivity index (χ1n) is 9.50. The van der Waals surface area contributed by atoms with Crippen LogP contribution in [0.5, 0.6) is 0 Å². The Labute approximate surface area is 163 Å². The zero-order valence-corrected chi connectivity index (χ0v) is 15.5. The second-order valence-electron chi connectivity index (χ2n) is 7.04. The molecule has 6 nitrogen and oxygen atoms in total. The van der Waals surface area contributed by atoms with Crippen molar-refractivity contribution in [1.29, 1.82) is 0 Å². The zero-order valence-electron chi connectivity index (χ0n) is 15.5. The summed E-state index contributed by atoms with van der Waals surface area (Å²) in [5.41, 5.74) is 5.39. The van der Waals surface area contributed by atoms with Crippen molar-refractivity contribution >= 4 is 5.52 Å². The normalized spacial score (nSPS) is 17.8. The molecule has 5 rings (SSSR count). The van der Waals surface area contributed by atoms with Gasteiger partial charge in [-0.1, -0.05) is 47.7 Å². The number of hydrogen-bond donors (Lipinski definition) is 0. The predicted molar refractivity (Wildman–Crippen MR) is 107 cm³/mol. The fraction of sp³-hybridized carbons (Fsp3) is 0.227. The summed E-state index contributed by atoms with van der Waals surface area (Å²) in [5.74, 6) is 0. The highest BCUT2D eigenvalue weighted by molar-refractivity contribution is 5.66. The molecule has 4 heterocycles. The first kappa shape index (κ1) is 17.0. The number of benzene rings is 1. The molecular weight excluding hydrogens is 350 g/mol. The lowest BCUT2D eigenvalue weighted by molar-refractivity contribution is -0.0343. The molecule has 1 atom stereocenters. The average Bonchev–Trinajstić information content (AvgIpc) is 3.19. The van der Waals surface area contributed by atoms with E-state index in [9.17, 15) is 0 Å². The van der Waals surface area contributed by atoms with Crippen molar-refractivity contribution in [3.05, 3.63) is 84.4 Å². The number of nitrogens with zero attached hydrogens (tertiary/aromatic N) is 5. The molecule has 3 aromatic heterocycles. The Kier molecular flexibility index (Phi) is 4.56. The van der Waals surface area contributed by atoms with Crippen LogP contribution >= 0.6 is 0 Å². The molecule has 1 fully saturated rings. The van der Waals surface area contributed by atoms with Crippen LogP contribution in [-0.2, 0) is 11.3 Å². The molecule has 1 aliphatic rings. The number of ether oxygens (including phenoxy) is 1. The summed E-state index contributed by atoms with van der Waals surface area (Å²) in [5, 5.41) is 8.79. The van der Waals surface area contributed by atoms with E-state index in [2.05, 4.69) is 50.5 Å². The van der Waals surface area contributed by atoms with Gasteiger partial charge in [-0.25, -0.2) is 4.52 Å². The van der Waals surface area contributed by atoms with Crippen LogP contribution in [0, 0.1) is 0 Å². The fourth-order valence-electron chi connectivity index (χ4n) is 3.71. The van der Waals surface area contributed by atoms with Crippen LogP contribution in [0.25, 0.3) is 16.6 Å². The van der Waals surface area contributed by atoms with Crippen LogP contribution in [-0.4, -0.2) is 44.4 Å². The maximum atomic E-state index is 6.04. The molecule has 0 N–H and O–H groups in total. The highest BCUT2D eigenvalue weighted by Gasteiger charge is 2.26. The SMILES string of the molecule is c1ccc(-c2ccc3c(C4CN(Cc5cccnc5)CCO4)nnn3c2)cc1. The number of aromatic nitrogens is 4. The number of hydrogen-bond acceptors (Lipinski definition) is 5. The van der Waals surface area contributed by atoms with Crippen LogP contribution in [0.1, 0.15) is 17.4 Å². The van der Waals surface area contributed by atoms with Gasteiger partial charge in [-0.15, -0.1) is 5.10 Å². The van der Waals surface area contributed by atoms with E-state index in [0.717, 1.165) is 42.0 Å². The van der Waals surface area contributed by atoms with Crippen molar-refractivity contribution in [3.63, 3.8) is 0 Å². The Morgan fingerprint density at radius 1 is 1.00 bits per heavy atom. The van der Waals surface area contributed by atoms with Gasteiger partial charge in [0.25, 0.3) is 0 Å². The minimum Gasteiger partial charge on any atom is -0.369 e. The third-order valence-electron chi connectivity index (χ3n) is 5.13. The van der Waals surface area contributed by atoms with Gasteiger partial charge in [0.15, 0.2) is 0 Å². The van der Waals surface area contributed by atoms with Gasteiger partial charge in [0.1, 0.15) is 11.8 Å². The Balaban J connectivity index is 1.38. The van der Waals surface area contributed by atoms with Crippen molar-refractivity contribution in [2.24, 2.45) is 0 Å². The summed E-state index contributed by atoms with van der Waals surface area (Å²) in [4.78, 5) is 6.59. The van der Waals surface area contributed by atoms with E-state index < -0.39 is 0 Å². The molecule has 0 bridgehead atoms. The molecule has 0 spiro atoms. The minimum absolute atomic E-state index is 0.0782. The van der Waals surface area contributed by atoms with Gasteiger partial charge >= 0.3 is 0 Å². The molecule has 1 aliphatic heterocycles. The first-order valence-corrected chi connectivity index (χ1v) is 9.50. The molecule has 6 heteroatoms. The first-order chi connectivity index (χ1) is 13.9. The second kappa shape index (κ2) is 7.50. The minimum atomic E-state index is -0.0782. The lowest BCUT2D eigenvalue weighted by atomic mass is 10.1. The van der Waals surface area contributed by atoms with Gasteiger partial charge in [-0.05, 0) is 23.3 Å². The highest BCUT2D eigenvalue weighted by atomic mass is 16.5. The third kappa shape index (κ3) is 3.40. The fourth-order valence-corrected chi connectivity index (χ4v) is 3.71. The van der Waals surface area contributed by atoms with E-state index in [1.807, 2.05) is 41.2 Å². The number of rotatable bonds is 4. The molecule has 0 amide bonds. The number of morpholine rings is 1. The molecule has 1 unspecified atom stereocenters. The van der Waals surface area contributed by atoms with Crippen LogP contribution in [0.2, 0.25) is 0 Å². The topological polar surface area (TPSA) is 55.5 Å². The van der Waals surface area contributed by atoms with Gasteiger partial charge in [-0.2, -0.15) is 0 Å². The number of pyridine rings is 2. The van der Waals surface area contributed by atoms with Crippen molar-refractivity contribution in [2.75, 3.05) is 19.7 Å². The van der Waals surface area contributed by atoms with Gasteiger partial charge < -0.3 is 4.74 Å². The predicted octanol–water partition coefficient (Wildman–Crippen LogP) is 3.36. The summed E-state index contributed by atoms with van der Waals surface area (Å²) in [6.07, 6.45) is 5.67. The van der Waals surface area contributed by atoms with E-state index in [1.54, 1.807) is 6.20 Å². The smallest absolute Gasteiger partial charge is 0.121 e. The molecule has 0 saturated carbocycles. The third-order valence-corrected chi connectivity index (χ3v) is 5.13. The molecule has 1 aromatic carbocycles. The van der Waals surface area contributed by atoms with Crippen LogP contribution in [0.3, 0.4) is 0 Å². The van der Waals surface area contributed by atoms with Crippen LogP contribution < -0.4 is 0 Å². The Morgan fingerprint density at radius 3 is 2.79 bits per heavy atom. The Hall–Kier alpha value is -3.09. The van der Waals surface area contributed by atoms with E-state index in [1.165, 1.54) is 5.56 Å². The molecule has 1 saturated heterocycles. The summed E-state index contributed by atoms with van der Waals surface area (Å²) >= 11 is 0. The molecule has 4 aromatic rings. The lowest BCUT2D eigenvalue weighted by Crippen LogP contribution is -2.38. The van der Waals surface area contributed by atoms with Gasteiger partial charge in [-0.3, -0.25) is 9.88 Å². The molecule has 0 aliphatic carbocycles. The van der Waals surface area contributed by atoms with Gasteiger partial charge in [0.05, 0.1) is 12.1 Å². The molecular formula is C22H21N5O. The van der Waals surface area contributed by atoms with Crippen molar-refractivity contribution in [3.8, 4) is 11.1 Å². The maximum absolute atomic E-state index is 6.04. The summed E-state index contributed by atoms with van der Waals surface area (Å²) < 4.78 is 7.89. The summed E-state index contributed by atoms with van der Waals surface area (Å²) in [6, 6.07) is 18.6. The van der Waals surface area contributed by atoms with Crippen molar-refractivity contribution < 1.29 is 4.74 Å². The Bertz CT molecular complexity index is 1060. The van der Waals surface area contributed by atoms with E-state index in [-0.39, 0.29) is 6.10 Å². The van der Waals surface area contributed by atoms with Crippen molar-refractivity contribution in [2.45, 2.75) is 12.6 Å². The maximum Gasteiger partial charge on any atom is 0.121 e. The van der Waals surface area contributed by atoms with Crippen molar-refractivity contribution in [1.82, 2.24) is 24.7 Å².